The zero-order valence-electron chi connectivity index (χ0n) is 11.0. The van der Waals surface area contributed by atoms with Gasteiger partial charge in [0.1, 0.15) is 5.82 Å². The molecule has 1 aliphatic rings. The lowest BCUT2D eigenvalue weighted by Gasteiger charge is -2.22. The maximum Gasteiger partial charge on any atom is 0.317 e. The fraction of sp³-hybridized carbons (Fsp3) is 0.462. The molecule has 1 saturated heterocycles. The number of hydrogen-bond acceptors (Lipinski definition) is 4. The average Bonchev–Trinajstić information content (AvgIpc) is 2.75. The summed E-state index contributed by atoms with van der Waals surface area (Å²) in [6, 6.07) is 5.26. The van der Waals surface area contributed by atoms with Crippen molar-refractivity contribution in [2.45, 2.75) is 6.42 Å². The van der Waals surface area contributed by atoms with Gasteiger partial charge in [-0.25, -0.2) is 4.98 Å². The van der Waals surface area contributed by atoms with E-state index in [9.17, 15) is 9.59 Å². The molecule has 2 heterocycles. The Morgan fingerprint density at radius 2 is 2.16 bits per heavy atom. The lowest BCUT2D eigenvalue weighted by Crippen LogP contribution is -2.45. The van der Waals surface area contributed by atoms with E-state index < -0.39 is 11.8 Å². The maximum absolute atomic E-state index is 12.1. The van der Waals surface area contributed by atoms with Crippen molar-refractivity contribution in [1.29, 1.82) is 0 Å². The molecule has 0 bridgehead atoms. The van der Waals surface area contributed by atoms with Crippen LogP contribution in [-0.2, 0) is 9.59 Å². The van der Waals surface area contributed by atoms with Gasteiger partial charge < -0.3 is 10.2 Å². The largest absolute Gasteiger partial charge is 0.333 e. The van der Waals surface area contributed by atoms with Crippen LogP contribution in [0, 0.1) is 0 Å². The van der Waals surface area contributed by atoms with Crippen molar-refractivity contribution in [1.82, 2.24) is 15.2 Å². The molecule has 1 aromatic rings. The number of carbonyl (C=O) groups is 2. The molecule has 102 valence electrons. The Morgan fingerprint density at radius 3 is 2.89 bits per heavy atom. The first-order chi connectivity index (χ1) is 9.20. The highest BCUT2D eigenvalue weighted by atomic mass is 16.2. The van der Waals surface area contributed by atoms with Gasteiger partial charge in [-0.2, -0.15) is 0 Å². The highest BCUT2D eigenvalue weighted by Gasteiger charge is 2.26. The van der Waals surface area contributed by atoms with Crippen LogP contribution < -0.4 is 10.2 Å². The van der Waals surface area contributed by atoms with Gasteiger partial charge in [-0.1, -0.05) is 6.07 Å². The Kier molecular flexibility index (Phi) is 4.46. The van der Waals surface area contributed by atoms with Crippen LogP contribution in [0.4, 0.5) is 5.82 Å². The van der Waals surface area contributed by atoms with Crippen LogP contribution in [0.25, 0.3) is 0 Å². The van der Waals surface area contributed by atoms with Crippen LogP contribution in [0.5, 0.6) is 0 Å². The Balaban J connectivity index is 2.04. The minimum absolute atomic E-state index is 0.461. The van der Waals surface area contributed by atoms with Crippen molar-refractivity contribution < 1.29 is 9.59 Å². The van der Waals surface area contributed by atoms with Gasteiger partial charge in [0, 0.05) is 32.9 Å². The summed E-state index contributed by atoms with van der Waals surface area (Å²) < 4.78 is 0. The number of amides is 2. The number of aromatic nitrogens is 1. The molecule has 1 aliphatic heterocycles. The number of likely N-dealkylation sites (N-methyl/N-ethyl adjacent to an activating group) is 1. The second kappa shape index (κ2) is 6.29. The molecule has 6 heteroatoms. The van der Waals surface area contributed by atoms with Crippen LogP contribution in [-0.4, -0.2) is 54.9 Å². The number of pyridine rings is 1. The first-order valence-corrected chi connectivity index (χ1v) is 6.39. The Hall–Kier alpha value is -1.95. The first kappa shape index (κ1) is 13.5. The molecule has 0 unspecified atom stereocenters. The van der Waals surface area contributed by atoms with Crippen molar-refractivity contribution in [3.63, 3.8) is 0 Å². The number of rotatable bonds is 1. The third-order valence-electron chi connectivity index (χ3n) is 3.11. The minimum atomic E-state index is -0.541. The molecular formula is C13H18N4O2. The molecule has 0 radical (unpaired) electrons. The van der Waals surface area contributed by atoms with Crippen molar-refractivity contribution in [3.8, 4) is 0 Å². The summed E-state index contributed by atoms with van der Waals surface area (Å²) in [7, 11) is 1.57. The van der Waals surface area contributed by atoms with Crippen LogP contribution in [0.15, 0.2) is 24.4 Å². The van der Waals surface area contributed by atoms with Gasteiger partial charge in [-0.15, -0.1) is 0 Å². The lowest BCUT2D eigenvalue weighted by atomic mass is 10.3. The summed E-state index contributed by atoms with van der Waals surface area (Å²) in [4.78, 5) is 31.2. The molecule has 6 nitrogen and oxygen atoms in total. The van der Waals surface area contributed by atoms with Crippen molar-refractivity contribution in [2.24, 2.45) is 0 Å². The van der Waals surface area contributed by atoms with E-state index in [0.717, 1.165) is 19.5 Å². The fourth-order valence-corrected chi connectivity index (χ4v) is 1.98. The summed E-state index contributed by atoms with van der Waals surface area (Å²) >= 11 is 0. The zero-order valence-corrected chi connectivity index (χ0v) is 11.0. The predicted octanol–water partition coefficient (Wildman–Crippen LogP) is -0.134. The molecule has 1 N–H and O–H groups in total. The summed E-state index contributed by atoms with van der Waals surface area (Å²) in [6.45, 7) is 2.80. The third-order valence-corrected chi connectivity index (χ3v) is 3.11. The topological polar surface area (TPSA) is 65.5 Å². The number of nitrogens with zero attached hydrogens (tertiary/aromatic N) is 3. The molecule has 0 spiro atoms. The molecular weight excluding hydrogens is 244 g/mol. The van der Waals surface area contributed by atoms with Gasteiger partial charge in [0.15, 0.2) is 0 Å². The van der Waals surface area contributed by atoms with Crippen LogP contribution in [0.1, 0.15) is 6.42 Å². The van der Waals surface area contributed by atoms with E-state index in [1.165, 1.54) is 4.90 Å². The van der Waals surface area contributed by atoms with Gasteiger partial charge in [-0.05, 0) is 25.1 Å². The maximum atomic E-state index is 12.1. The molecule has 1 fully saturated rings. The molecule has 0 atom stereocenters. The van der Waals surface area contributed by atoms with Gasteiger partial charge in [0.2, 0.25) is 0 Å². The zero-order chi connectivity index (χ0) is 13.7. The standard InChI is InChI=1S/C13H18N4O2/c1-16(11-5-2-3-7-15-11)12(18)13(19)17-9-4-6-14-8-10-17/h2-3,5,7,14H,4,6,8-10H2,1H3. The molecule has 19 heavy (non-hydrogen) atoms. The second-order valence-electron chi connectivity index (χ2n) is 4.45. The Morgan fingerprint density at radius 1 is 1.32 bits per heavy atom. The normalized spacial score (nSPS) is 15.7. The number of anilines is 1. The molecule has 0 aromatic carbocycles. The van der Waals surface area contributed by atoms with E-state index in [-0.39, 0.29) is 0 Å². The number of nitrogens with one attached hydrogen (secondary N) is 1. The second-order valence-corrected chi connectivity index (χ2v) is 4.45. The highest BCUT2D eigenvalue weighted by Crippen LogP contribution is 2.08. The van der Waals surface area contributed by atoms with E-state index >= 15 is 0 Å². The average molecular weight is 262 g/mol. The van der Waals surface area contributed by atoms with Gasteiger partial charge in [0.05, 0.1) is 0 Å². The van der Waals surface area contributed by atoms with Crippen molar-refractivity contribution >= 4 is 17.6 Å². The van der Waals surface area contributed by atoms with Crippen molar-refractivity contribution in [3.05, 3.63) is 24.4 Å². The lowest BCUT2D eigenvalue weighted by molar-refractivity contribution is -0.144. The molecule has 0 saturated carbocycles. The SMILES string of the molecule is CN(C(=O)C(=O)N1CCCNCC1)c1ccccn1. The van der Waals surface area contributed by atoms with Crippen LogP contribution in [0.2, 0.25) is 0 Å². The molecule has 1 aromatic heterocycles. The summed E-state index contributed by atoms with van der Waals surface area (Å²) in [5.74, 6) is -0.522. The van der Waals surface area contributed by atoms with Crippen LogP contribution in [0.3, 0.4) is 0 Å². The van der Waals surface area contributed by atoms with Crippen LogP contribution >= 0.6 is 0 Å². The Labute approximate surface area is 112 Å². The fourth-order valence-electron chi connectivity index (χ4n) is 1.98. The van der Waals surface area contributed by atoms with E-state index in [0.29, 0.717) is 18.9 Å². The summed E-state index contributed by atoms with van der Waals surface area (Å²) in [6.07, 6.45) is 2.46. The first-order valence-electron chi connectivity index (χ1n) is 6.39. The monoisotopic (exact) mass is 262 g/mol. The summed E-state index contributed by atoms with van der Waals surface area (Å²) in [5, 5.41) is 3.20. The smallest absolute Gasteiger partial charge is 0.317 e. The van der Waals surface area contributed by atoms with Crippen molar-refractivity contribution in [2.75, 3.05) is 38.1 Å². The third kappa shape index (κ3) is 3.29. The van der Waals surface area contributed by atoms with Gasteiger partial charge >= 0.3 is 11.8 Å². The van der Waals surface area contributed by atoms with Gasteiger partial charge in [0.25, 0.3) is 0 Å². The Bertz CT molecular complexity index is 441. The highest BCUT2D eigenvalue weighted by molar-refractivity contribution is 6.40. The predicted molar refractivity (Wildman–Crippen MR) is 71.7 cm³/mol. The number of carbonyl (C=O) groups excluding carboxylic acids is 2. The molecule has 2 rings (SSSR count). The van der Waals surface area contributed by atoms with E-state index in [2.05, 4.69) is 10.3 Å². The van der Waals surface area contributed by atoms with Gasteiger partial charge in [-0.3, -0.25) is 14.5 Å². The van der Waals surface area contributed by atoms with E-state index in [1.54, 1.807) is 36.3 Å². The quantitative estimate of drug-likeness (QED) is 0.716. The summed E-state index contributed by atoms with van der Waals surface area (Å²) in [5.41, 5.74) is 0. The van der Waals surface area contributed by atoms with E-state index in [4.69, 9.17) is 0 Å². The van der Waals surface area contributed by atoms with E-state index in [1.807, 2.05) is 0 Å². The number of hydrogen-bond donors (Lipinski definition) is 1. The molecule has 2 amide bonds. The minimum Gasteiger partial charge on any atom is -0.333 e. The molecule has 0 aliphatic carbocycles.